The fourth-order valence-electron chi connectivity index (χ4n) is 0.231. The van der Waals surface area contributed by atoms with Crippen LogP contribution in [-0.4, -0.2) is 17.8 Å². The highest BCUT2D eigenvalue weighted by Gasteiger charge is 1.87. The fourth-order valence-corrected chi connectivity index (χ4v) is 0.231. The number of nitrogens with two attached hydrogens (primary N) is 1. The molecule has 0 fully saturated rings. The van der Waals surface area contributed by atoms with Crippen molar-refractivity contribution in [3.8, 4) is 11.8 Å². The third-order valence-corrected chi connectivity index (χ3v) is 0.526. The molecule has 0 aromatic carbocycles. The zero-order chi connectivity index (χ0) is 5.70. The van der Waals surface area contributed by atoms with Gasteiger partial charge >= 0.3 is 0 Å². The molecule has 40 valence electrons. The summed E-state index contributed by atoms with van der Waals surface area (Å²) < 4.78 is 0. The van der Waals surface area contributed by atoms with Gasteiger partial charge in [0.1, 0.15) is 0 Å². The van der Waals surface area contributed by atoms with Gasteiger partial charge in [-0.3, -0.25) is 0 Å². The highest BCUT2D eigenvalue weighted by Crippen LogP contribution is 1.66. The Balaban J connectivity index is 3.29. The Morgan fingerprint density at radius 3 is 2.57 bits per heavy atom. The minimum Gasteiger partial charge on any atom is -0.394 e. The van der Waals surface area contributed by atoms with E-state index in [4.69, 9.17) is 10.8 Å². The summed E-state index contributed by atoms with van der Waals surface area (Å²) in [5.41, 5.74) is 5.16. The van der Waals surface area contributed by atoms with Crippen LogP contribution in [-0.2, 0) is 0 Å². The lowest BCUT2D eigenvalue weighted by Gasteiger charge is -1.92. The lowest BCUT2D eigenvalue weighted by atomic mass is 10.3. The van der Waals surface area contributed by atoms with Crippen LogP contribution in [0.1, 0.15) is 6.92 Å². The topological polar surface area (TPSA) is 46.2 Å². The first-order chi connectivity index (χ1) is 3.31. The second-order valence-corrected chi connectivity index (χ2v) is 1.18. The van der Waals surface area contributed by atoms with Crippen molar-refractivity contribution in [3.05, 3.63) is 0 Å². The summed E-state index contributed by atoms with van der Waals surface area (Å²) in [6, 6.07) is -0.356. The highest BCUT2D eigenvalue weighted by atomic mass is 16.3. The van der Waals surface area contributed by atoms with Crippen LogP contribution in [0.3, 0.4) is 0 Å². The van der Waals surface area contributed by atoms with Crippen LogP contribution in [0.15, 0.2) is 0 Å². The minimum atomic E-state index is -0.356. The number of hydrogen-bond acceptors (Lipinski definition) is 2. The maximum atomic E-state index is 8.24. The summed E-state index contributed by atoms with van der Waals surface area (Å²) in [6.07, 6.45) is 0. The SMILES string of the molecule is CC#CC(N)CO. The van der Waals surface area contributed by atoms with Crippen molar-refractivity contribution >= 4 is 0 Å². The minimum absolute atomic E-state index is 0.0547. The predicted molar refractivity (Wildman–Crippen MR) is 28.5 cm³/mol. The predicted octanol–water partition coefficient (Wildman–Crippen LogP) is -0.671. The van der Waals surface area contributed by atoms with Gasteiger partial charge in [-0.2, -0.15) is 0 Å². The molecule has 0 aliphatic rings. The number of rotatable bonds is 1. The van der Waals surface area contributed by atoms with Gasteiger partial charge < -0.3 is 10.8 Å². The van der Waals surface area contributed by atoms with Gasteiger partial charge in [-0.1, -0.05) is 5.92 Å². The Morgan fingerprint density at radius 2 is 2.43 bits per heavy atom. The molecule has 0 radical (unpaired) electrons. The molecular weight excluding hydrogens is 90.1 g/mol. The second-order valence-electron chi connectivity index (χ2n) is 1.18. The van der Waals surface area contributed by atoms with Crippen LogP contribution in [0, 0.1) is 11.8 Å². The summed E-state index contributed by atoms with van der Waals surface area (Å²) in [5, 5.41) is 8.24. The average Bonchev–Trinajstić information content (AvgIpc) is 1.68. The van der Waals surface area contributed by atoms with Crippen molar-refractivity contribution in [2.24, 2.45) is 5.73 Å². The summed E-state index contributed by atoms with van der Waals surface area (Å²) >= 11 is 0. The number of aliphatic hydroxyl groups excluding tert-OH is 1. The van der Waals surface area contributed by atoms with Crippen LogP contribution in [0.4, 0.5) is 0 Å². The molecule has 0 bridgehead atoms. The van der Waals surface area contributed by atoms with E-state index in [1.165, 1.54) is 0 Å². The first-order valence-corrected chi connectivity index (χ1v) is 2.10. The third-order valence-electron chi connectivity index (χ3n) is 0.526. The first kappa shape index (κ1) is 6.48. The first-order valence-electron chi connectivity index (χ1n) is 2.10. The quantitative estimate of drug-likeness (QED) is 0.428. The molecule has 0 aliphatic carbocycles. The lowest BCUT2D eigenvalue weighted by Crippen LogP contribution is -2.21. The highest BCUT2D eigenvalue weighted by molar-refractivity contribution is 5.03. The van der Waals surface area contributed by atoms with E-state index in [1.54, 1.807) is 6.92 Å². The second kappa shape index (κ2) is 3.66. The van der Waals surface area contributed by atoms with Crippen LogP contribution in [0.25, 0.3) is 0 Å². The Labute approximate surface area is 43.3 Å². The molecule has 0 aliphatic heterocycles. The molecule has 7 heavy (non-hydrogen) atoms. The van der Waals surface area contributed by atoms with Gasteiger partial charge in [-0.15, -0.1) is 5.92 Å². The summed E-state index contributed by atoms with van der Waals surface area (Å²) in [5.74, 6) is 5.16. The molecule has 0 aromatic rings. The van der Waals surface area contributed by atoms with Gasteiger partial charge in [-0.25, -0.2) is 0 Å². The van der Waals surface area contributed by atoms with E-state index in [0.29, 0.717) is 0 Å². The van der Waals surface area contributed by atoms with Gasteiger partial charge in [0.2, 0.25) is 0 Å². The largest absolute Gasteiger partial charge is 0.394 e. The molecule has 0 aromatic heterocycles. The van der Waals surface area contributed by atoms with E-state index in [2.05, 4.69) is 11.8 Å². The standard InChI is InChI=1S/C5H9NO/c1-2-3-5(6)4-7/h5,7H,4,6H2,1H3. The maximum absolute atomic E-state index is 8.24. The van der Waals surface area contributed by atoms with Crippen LogP contribution in [0.5, 0.6) is 0 Å². The van der Waals surface area contributed by atoms with Crippen molar-refractivity contribution in [1.82, 2.24) is 0 Å². The van der Waals surface area contributed by atoms with Gasteiger partial charge in [0.15, 0.2) is 0 Å². The zero-order valence-electron chi connectivity index (χ0n) is 4.31. The summed E-state index contributed by atoms with van der Waals surface area (Å²) in [6.45, 7) is 1.64. The molecule has 0 amide bonds. The maximum Gasteiger partial charge on any atom is 0.0898 e. The van der Waals surface area contributed by atoms with E-state index in [0.717, 1.165) is 0 Å². The van der Waals surface area contributed by atoms with E-state index < -0.39 is 0 Å². The Bertz CT molecular complexity index is 90.0. The number of hydrogen-bond donors (Lipinski definition) is 2. The van der Waals surface area contributed by atoms with Gasteiger partial charge in [0, 0.05) is 0 Å². The van der Waals surface area contributed by atoms with E-state index in [1.807, 2.05) is 0 Å². The van der Waals surface area contributed by atoms with Crippen molar-refractivity contribution < 1.29 is 5.11 Å². The van der Waals surface area contributed by atoms with Crippen LogP contribution >= 0.6 is 0 Å². The molecule has 1 atom stereocenters. The summed E-state index contributed by atoms with van der Waals surface area (Å²) in [4.78, 5) is 0. The van der Waals surface area contributed by atoms with Gasteiger partial charge in [-0.05, 0) is 6.92 Å². The van der Waals surface area contributed by atoms with Crippen molar-refractivity contribution in [2.45, 2.75) is 13.0 Å². The molecule has 0 spiro atoms. The Morgan fingerprint density at radius 1 is 1.86 bits per heavy atom. The normalized spacial score (nSPS) is 11.9. The Kier molecular flexibility index (Phi) is 3.39. The van der Waals surface area contributed by atoms with Crippen molar-refractivity contribution in [1.29, 1.82) is 0 Å². The molecule has 1 unspecified atom stereocenters. The zero-order valence-corrected chi connectivity index (χ0v) is 4.31. The van der Waals surface area contributed by atoms with E-state index >= 15 is 0 Å². The monoisotopic (exact) mass is 99.1 g/mol. The molecule has 3 N–H and O–H groups in total. The number of aliphatic hydroxyl groups is 1. The molecule has 0 saturated heterocycles. The van der Waals surface area contributed by atoms with Crippen molar-refractivity contribution in [3.63, 3.8) is 0 Å². The van der Waals surface area contributed by atoms with Gasteiger partial charge in [0.25, 0.3) is 0 Å². The lowest BCUT2D eigenvalue weighted by molar-refractivity contribution is 0.287. The molecule has 2 heteroatoms. The molecule has 0 saturated carbocycles. The smallest absolute Gasteiger partial charge is 0.0898 e. The molecule has 0 heterocycles. The Hall–Kier alpha value is -0.520. The third kappa shape index (κ3) is 3.31. The molecule has 2 nitrogen and oxygen atoms in total. The summed E-state index contributed by atoms with van der Waals surface area (Å²) in [7, 11) is 0. The molecule has 0 rings (SSSR count). The van der Waals surface area contributed by atoms with Crippen LogP contribution in [0.2, 0.25) is 0 Å². The van der Waals surface area contributed by atoms with Crippen LogP contribution < -0.4 is 5.73 Å². The molecular formula is C5H9NO. The van der Waals surface area contributed by atoms with Crippen molar-refractivity contribution in [2.75, 3.05) is 6.61 Å². The fraction of sp³-hybridized carbons (Fsp3) is 0.600. The van der Waals surface area contributed by atoms with E-state index in [-0.39, 0.29) is 12.6 Å². The van der Waals surface area contributed by atoms with E-state index in [9.17, 15) is 0 Å². The van der Waals surface area contributed by atoms with Gasteiger partial charge in [0.05, 0.1) is 12.6 Å². The average molecular weight is 99.1 g/mol.